The van der Waals surface area contributed by atoms with E-state index in [0.29, 0.717) is 5.41 Å². The highest BCUT2D eigenvalue weighted by Gasteiger charge is 2.67. The molecule has 90 valence electrons. The van der Waals surface area contributed by atoms with E-state index >= 15 is 0 Å². The Bertz CT molecular complexity index is 332. The van der Waals surface area contributed by atoms with E-state index in [9.17, 15) is 0 Å². The van der Waals surface area contributed by atoms with Crippen LogP contribution < -0.4 is 0 Å². The Morgan fingerprint density at radius 1 is 1.38 bits per heavy atom. The second-order valence-electron chi connectivity index (χ2n) is 6.69. The number of allylic oxidation sites excluding steroid dienone is 1. The third kappa shape index (κ3) is 1.01. The zero-order chi connectivity index (χ0) is 11.6. The van der Waals surface area contributed by atoms with Crippen molar-refractivity contribution >= 4 is 0 Å². The molecule has 0 aromatic heterocycles. The molecule has 0 aromatic carbocycles. The van der Waals surface area contributed by atoms with E-state index in [-0.39, 0.29) is 5.60 Å². The van der Waals surface area contributed by atoms with Crippen molar-refractivity contribution in [3.63, 3.8) is 0 Å². The van der Waals surface area contributed by atoms with Crippen molar-refractivity contribution in [2.75, 3.05) is 6.61 Å². The van der Waals surface area contributed by atoms with E-state index in [2.05, 4.69) is 27.4 Å². The SMILES string of the molecule is C=C1CC[C@@]23CC[C@@H]1[C@]2(C)[C@@H](C(C)C)CO3. The molecule has 0 N–H and O–H groups in total. The van der Waals surface area contributed by atoms with E-state index in [0.717, 1.165) is 24.4 Å². The van der Waals surface area contributed by atoms with Gasteiger partial charge < -0.3 is 4.74 Å². The fourth-order valence-corrected chi connectivity index (χ4v) is 5.03. The zero-order valence-electron chi connectivity index (χ0n) is 10.9. The molecular weight excluding hydrogens is 196 g/mol. The zero-order valence-corrected chi connectivity index (χ0v) is 10.9. The van der Waals surface area contributed by atoms with Crippen LogP contribution >= 0.6 is 0 Å². The van der Waals surface area contributed by atoms with Crippen molar-refractivity contribution in [3.8, 4) is 0 Å². The van der Waals surface area contributed by atoms with Gasteiger partial charge in [-0.1, -0.05) is 32.9 Å². The summed E-state index contributed by atoms with van der Waals surface area (Å²) in [7, 11) is 0. The average molecular weight is 220 g/mol. The molecule has 2 aliphatic carbocycles. The summed E-state index contributed by atoms with van der Waals surface area (Å²) >= 11 is 0. The molecule has 3 aliphatic rings. The summed E-state index contributed by atoms with van der Waals surface area (Å²) in [5, 5.41) is 0. The minimum absolute atomic E-state index is 0.216. The highest BCUT2D eigenvalue weighted by molar-refractivity contribution is 5.26. The Morgan fingerprint density at radius 3 is 2.81 bits per heavy atom. The first-order chi connectivity index (χ1) is 7.51. The maximum Gasteiger partial charge on any atom is 0.0748 e. The fraction of sp³-hybridized carbons (Fsp3) is 0.867. The number of hydrogen-bond donors (Lipinski definition) is 0. The third-order valence-corrected chi connectivity index (χ3v) is 6.00. The standard InChI is InChI=1S/C15H24O/c1-10(2)13-9-16-15-7-5-11(3)12(6-8-15)14(13,15)4/h10,12-13H,3,5-9H2,1-2,4H3/t12-,13+,14+,15+/m0/s1. The van der Waals surface area contributed by atoms with E-state index in [4.69, 9.17) is 4.74 Å². The van der Waals surface area contributed by atoms with Crippen molar-refractivity contribution in [2.24, 2.45) is 23.2 Å². The van der Waals surface area contributed by atoms with Gasteiger partial charge in [0.05, 0.1) is 12.2 Å². The average Bonchev–Trinajstić information content (AvgIpc) is 2.57. The second kappa shape index (κ2) is 3.13. The molecule has 0 spiro atoms. The quantitative estimate of drug-likeness (QED) is 0.611. The van der Waals surface area contributed by atoms with Gasteiger partial charge in [0.1, 0.15) is 0 Å². The number of hydrogen-bond acceptors (Lipinski definition) is 1. The van der Waals surface area contributed by atoms with E-state index in [1.54, 1.807) is 0 Å². The van der Waals surface area contributed by atoms with Gasteiger partial charge >= 0.3 is 0 Å². The van der Waals surface area contributed by atoms with Crippen LogP contribution in [0.4, 0.5) is 0 Å². The second-order valence-corrected chi connectivity index (χ2v) is 6.69. The summed E-state index contributed by atoms with van der Waals surface area (Å²) in [5.41, 5.74) is 2.11. The molecule has 2 bridgehead atoms. The van der Waals surface area contributed by atoms with Crippen LogP contribution in [0.25, 0.3) is 0 Å². The topological polar surface area (TPSA) is 9.23 Å². The van der Waals surface area contributed by atoms with Gasteiger partial charge in [0.25, 0.3) is 0 Å². The minimum Gasteiger partial charge on any atom is -0.374 e. The third-order valence-electron chi connectivity index (χ3n) is 6.00. The van der Waals surface area contributed by atoms with E-state index in [1.165, 1.54) is 31.3 Å². The molecular formula is C15H24O. The van der Waals surface area contributed by atoms with Gasteiger partial charge in [-0.3, -0.25) is 0 Å². The van der Waals surface area contributed by atoms with Crippen molar-refractivity contribution in [2.45, 2.75) is 52.1 Å². The van der Waals surface area contributed by atoms with Crippen LogP contribution in [-0.4, -0.2) is 12.2 Å². The monoisotopic (exact) mass is 220 g/mol. The Balaban J connectivity index is 2.06. The van der Waals surface area contributed by atoms with Crippen molar-refractivity contribution in [1.29, 1.82) is 0 Å². The van der Waals surface area contributed by atoms with Gasteiger partial charge in [0.15, 0.2) is 0 Å². The van der Waals surface area contributed by atoms with Gasteiger partial charge in [0, 0.05) is 5.41 Å². The molecule has 4 atom stereocenters. The Morgan fingerprint density at radius 2 is 2.12 bits per heavy atom. The largest absolute Gasteiger partial charge is 0.374 e. The van der Waals surface area contributed by atoms with Crippen LogP contribution in [0.5, 0.6) is 0 Å². The Labute approximate surface area is 99.3 Å². The smallest absolute Gasteiger partial charge is 0.0748 e. The molecule has 0 amide bonds. The first kappa shape index (κ1) is 10.8. The van der Waals surface area contributed by atoms with Crippen LogP contribution in [0.15, 0.2) is 12.2 Å². The molecule has 1 aliphatic heterocycles. The summed E-state index contributed by atoms with van der Waals surface area (Å²) in [6.07, 6.45) is 5.02. The summed E-state index contributed by atoms with van der Waals surface area (Å²) in [6.45, 7) is 12.5. The lowest BCUT2D eigenvalue weighted by Gasteiger charge is -2.48. The number of ether oxygens (including phenoxy) is 1. The molecule has 1 saturated heterocycles. The van der Waals surface area contributed by atoms with Crippen LogP contribution in [-0.2, 0) is 4.74 Å². The maximum absolute atomic E-state index is 6.32. The first-order valence-corrected chi connectivity index (χ1v) is 6.83. The molecule has 3 rings (SSSR count). The molecule has 1 nitrogen and oxygen atoms in total. The first-order valence-electron chi connectivity index (χ1n) is 6.83. The summed E-state index contributed by atoms with van der Waals surface area (Å²) in [4.78, 5) is 0. The van der Waals surface area contributed by atoms with Crippen molar-refractivity contribution < 1.29 is 4.74 Å². The molecule has 2 saturated carbocycles. The Hall–Kier alpha value is -0.300. The lowest BCUT2D eigenvalue weighted by atomic mass is 9.56. The Kier molecular flexibility index (Phi) is 2.12. The molecule has 16 heavy (non-hydrogen) atoms. The van der Waals surface area contributed by atoms with Crippen molar-refractivity contribution in [1.82, 2.24) is 0 Å². The number of rotatable bonds is 1. The van der Waals surface area contributed by atoms with Crippen LogP contribution in [0.2, 0.25) is 0 Å². The van der Waals surface area contributed by atoms with Gasteiger partial charge in [-0.15, -0.1) is 0 Å². The maximum atomic E-state index is 6.32. The normalized spacial score (nSPS) is 51.1. The van der Waals surface area contributed by atoms with Crippen LogP contribution in [0, 0.1) is 23.2 Å². The molecule has 1 heteroatoms. The summed E-state index contributed by atoms with van der Waals surface area (Å²) < 4.78 is 6.32. The van der Waals surface area contributed by atoms with Crippen LogP contribution in [0.1, 0.15) is 46.5 Å². The predicted octanol–water partition coefficient (Wildman–Crippen LogP) is 3.79. The summed E-state index contributed by atoms with van der Waals surface area (Å²) in [5.74, 6) is 2.20. The van der Waals surface area contributed by atoms with E-state index < -0.39 is 0 Å². The van der Waals surface area contributed by atoms with Gasteiger partial charge in [-0.2, -0.15) is 0 Å². The molecule has 0 unspecified atom stereocenters. The van der Waals surface area contributed by atoms with Gasteiger partial charge in [0.2, 0.25) is 0 Å². The molecule has 1 heterocycles. The highest BCUT2D eigenvalue weighted by atomic mass is 16.5. The molecule has 0 radical (unpaired) electrons. The molecule has 3 fully saturated rings. The fourth-order valence-electron chi connectivity index (χ4n) is 5.03. The van der Waals surface area contributed by atoms with Crippen molar-refractivity contribution in [3.05, 3.63) is 12.2 Å². The van der Waals surface area contributed by atoms with Gasteiger partial charge in [-0.25, -0.2) is 0 Å². The lowest BCUT2D eigenvalue weighted by molar-refractivity contribution is -0.0649. The van der Waals surface area contributed by atoms with E-state index in [1.807, 2.05) is 0 Å². The minimum atomic E-state index is 0.216. The summed E-state index contributed by atoms with van der Waals surface area (Å²) in [6, 6.07) is 0. The van der Waals surface area contributed by atoms with Crippen LogP contribution in [0.3, 0.4) is 0 Å². The lowest BCUT2D eigenvalue weighted by Crippen LogP contribution is -2.49. The highest BCUT2D eigenvalue weighted by Crippen LogP contribution is 2.68. The predicted molar refractivity (Wildman–Crippen MR) is 66.2 cm³/mol. The molecule has 0 aromatic rings. The van der Waals surface area contributed by atoms with Gasteiger partial charge in [-0.05, 0) is 43.4 Å².